The van der Waals surface area contributed by atoms with Crippen molar-refractivity contribution in [1.82, 2.24) is 25.1 Å². The van der Waals surface area contributed by atoms with Crippen molar-refractivity contribution in [3.05, 3.63) is 35.7 Å². The van der Waals surface area contributed by atoms with Gasteiger partial charge in [0.15, 0.2) is 0 Å². The average molecular weight is 289 g/mol. The summed E-state index contributed by atoms with van der Waals surface area (Å²) in [6.45, 7) is 0. The minimum atomic E-state index is -1.07. The first kappa shape index (κ1) is 13.3. The fraction of sp³-hybridized carbons (Fsp3) is 0.385. The number of carboxylic acids is 1. The molecule has 3 rings (SSSR count). The molecule has 1 amide bonds. The van der Waals surface area contributed by atoms with E-state index >= 15 is 0 Å². The van der Waals surface area contributed by atoms with Gasteiger partial charge < -0.3 is 15.4 Å². The smallest absolute Gasteiger partial charge is 0.353 e. The van der Waals surface area contributed by atoms with Gasteiger partial charge in [-0.3, -0.25) is 9.48 Å². The van der Waals surface area contributed by atoms with Crippen LogP contribution in [0.4, 0.5) is 0 Å². The van der Waals surface area contributed by atoms with E-state index in [0.717, 1.165) is 19.3 Å². The third-order valence-electron chi connectivity index (χ3n) is 3.77. The number of nitrogens with zero attached hydrogens (tertiary/aromatic N) is 3. The number of aromatic amines is 1. The summed E-state index contributed by atoms with van der Waals surface area (Å²) < 4.78 is 1.55. The zero-order valence-electron chi connectivity index (χ0n) is 11.5. The van der Waals surface area contributed by atoms with Gasteiger partial charge in [-0.1, -0.05) is 0 Å². The Balaban J connectivity index is 1.83. The van der Waals surface area contributed by atoms with Crippen LogP contribution in [0.15, 0.2) is 18.5 Å². The van der Waals surface area contributed by atoms with E-state index in [0.29, 0.717) is 11.5 Å². The van der Waals surface area contributed by atoms with Crippen molar-refractivity contribution in [2.45, 2.75) is 24.8 Å². The molecule has 110 valence electrons. The Labute approximate surface area is 120 Å². The lowest BCUT2D eigenvalue weighted by atomic mass is 9.76. The number of carbonyl (C=O) groups is 2. The van der Waals surface area contributed by atoms with Gasteiger partial charge in [-0.25, -0.2) is 9.78 Å². The Morgan fingerprint density at radius 2 is 2.24 bits per heavy atom. The number of aromatic carboxylic acids is 1. The van der Waals surface area contributed by atoms with Gasteiger partial charge in [-0.2, -0.15) is 5.10 Å². The van der Waals surface area contributed by atoms with E-state index < -0.39 is 11.5 Å². The molecule has 1 aliphatic carbocycles. The Morgan fingerprint density at radius 3 is 2.71 bits per heavy atom. The van der Waals surface area contributed by atoms with Crippen LogP contribution in [0.5, 0.6) is 0 Å². The lowest BCUT2D eigenvalue weighted by molar-refractivity contribution is 0.0690. The normalized spacial score (nSPS) is 16.2. The fourth-order valence-electron chi connectivity index (χ4n) is 2.44. The van der Waals surface area contributed by atoms with Crippen molar-refractivity contribution >= 4 is 11.9 Å². The molecule has 8 heteroatoms. The number of carbonyl (C=O) groups excluding carboxylic acids is 1. The van der Waals surface area contributed by atoms with E-state index in [1.807, 2.05) is 0 Å². The maximum absolute atomic E-state index is 12.2. The molecule has 2 heterocycles. The van der Waals surface area contributed by atoms with E-state index in [1.165, 1.54) is 6.20 Å². The van der Waals surface area contributed by atoms with E-state index in [9.17, 15) is 9.59 Å². The quantitative estimate of drug-likeness (QED) is 0.765. The van der Waals surface area contributed by atoms with Gasteiger partial charge in [0.2, 0.25) is 0 Å². The van der Waals surface area contributed by atoms with Gasteiger partial charge in [0.1, 0.15) is 17.2 Å². The van der Waals surface area contributed by atoms with E-state index in [1.54, 1.807) is 24.0 Å². The second-order valence-corrected chi connectivity index (χ2v) is 5.22. The molecular weight excluding hydrogens is 274 g/mol. The van der Waals surface area contributed by atoms with Gasteiger partial charge >= 0.3 is 5.97 Å². The maximum atomic E-state index is 12.2. The van der Waals surface area contributed by atoms with Gasteiger partial charge in [-0.05, 0) is 25.3 Å². The second kappa shape index (κ2) is 4.72. The maximum Gasteiger partial charge on any atom is 0.353 e. The highest BCUT2D eigenvalue weighted by molar-refractivity contribution is 5.92. The van der Waals surface area contributed by atoms with Gasteiger partial charge in [0.05, 0.1) is 11.7 Å². The number of nitrogens with one attached hydrogen (secondary N) is 2. The standard InChI is InChI=1S/C13H15N5O3/c1-18-6-3-8(17-18)10(19)16-13(4-2-5-13)12-14-7-9(15-12)11(20)21/h3,6-7H,2,4-5H2,1H3,(H,14,15)(H,16,19)(H,20,21). The Morgan fingerprint density at radius 1 is 1.48 bits per heavy atom. The molecule has 0 radical (unpaired) electrons. The molecule has 0 saturated heterocycles. The molecule has 1 fully saturated rings. The number of hydrogen-bond acceptors (Lipinski definition) is 4. The van der Waals surface area contributed by atoms with Crippen molar-refractivity contribution in [1.29, 1.82) is 0 Å². The van der Waals surface area contributed by atoms with Crippen molar-refractivity contribution in [3.63, 3.8) is 0 Å². The van der Waals surface area contributed by atoms with Crippen LogP contribution < -0.4 is 5.32 Å². The molecule has 1 aliphatic rings. The van der Waals surface area contributed by atoms with Gasteiger partial charge in [0.25, 0.3) is 5.91 Å². The molecule has 0 aromatic carbocycles. The lowest BCUT2D eigenvalue weighted by Gasteiger charge is -2.40. The molecule has 2 aromatic heterocycles. The number of carboxylic acid groups (broad SMARTS) is 1. The van der Waals surface area contributed by atoms with Gasteiger partial charge in [-0.15, -0.1) is 0 Å². The number of rotatable bonds is 4. The summed E-state index contributed by atoms with van der Waals surface area (Å²) in [5.74, 6) is -0.877. The third-order valence-corrected chi connectivity index (χ3v) is 3.77. The third kappa shape index (κ3) is 2.28. The number of hydrogen-bond donors (Lipinski definition) is 3. The Bertz CT molecular complexity index is 698. The summed E-state index contributed by atoms with van der Waals surface area (Å²) in [6, 6.07) is 1.63. The molecule has 0 bridgehead atoms. The molecule has 2 aromatic rings. The monoisotopic (exact) mass is 289 g/mol. The highest BCUT2D eigenvalue weighted by atomic mass is 16.4. The number of imidazole rings is 1. The highest BCUT2D eigenvalue weighted by Gasteiger charge is 2.43. The van der Waals surface area contributed by atoms with Crippen LogP contribution in [0.2, 0.25) is 0 Å². The predicted molar refractivity (Wildman–Crippen MR) is 71.8 cm³/mol. The predicted octanol–water partition coefficient (Wildman–Crippen LogP) is 0.651. The number of aryl methyl sites for hydroxylation is 1. The SMILES string of the molecule is Cn1ccc(C(=O)NC2(c3ncc(C(=O)O)[nH]3)CCC2)n1. The highest BCUT2D eigenvalue weighted by Crippen LogP contribution is 2.39. The first-order valence-corrected chi connectivity index (χ1v) is 6.61. The van der Waals surface area contributed by atoms with Crippen molar-refractivity contribution in [2.24, 2.45) is 7.05 Å². The van der Waals surface area contributed by atoms with Crippen LogP contribution in [0, 0.1) is 0 Å². The minimum absolute atomic E-state index is 0.0170. The van der Waals surface area contributed by atoms with Crippen molar-refractivity contribution < 1.29 is 14.7 Å². The summed E-state index contributed by atoms with van der Waals surface area (Å²) in [4.78, 5) is 30.0. The molecule has 0 atom stereocenters. The summed E-state index contributed by atoms with van der Waals surface area (Å²) in [5.41, 5.74) is -0.278. The number of H-pyrrole nitrogens is 1. The summed E-state index contributed by atoms with van der Waals surface area (Å²) in [5, 5.41) is 15.9. The second-order valence-electron chi connectivity index (χ2n) is 5.22. The zero-order chi connectivity index (χ0) is 15.0. The Hall–Kier alpha value is -2.64. The van der Waals surface area contributed by atoms with Crippen LogP contribution in [-0.2, 0) is 12.6 Å². The summed E-state index contributed by atoms with van der Waals surface area (Å²) in [6.07, 6.45) is 5.35. The van der Waals surface area contributed by atoms with Crippen LogP contribution in [0.1, 0.15) is 46.1 Å². The largest absolute Gasteiger partial charge is 0.477 e. The average Bonchev–Trinajstić information content (AvgIpc) is 3.02. The van der Waals surface area contributed by atoms with Crippen LogP contribution in [0.3, 0.4) is 0 Å². The van der Waals surface area contributed by atoms with Crippen LogP contribution in [-0.4, -0.2) is 36.7 Å². The topological polar surface area (TPSA) is 113 Å². The first-order chi connectivity index (χ1) is 10.00. The zero-order valence-corrected chi connectivity index (χ0v) is 11.5. The molecule has 1 saturated carbocycles. The summed E-state index contributed by atoms with van der Waals surface area (Å²) in [7, 11) is 1.74. The Kier molecular flexibility index (Phi) is 3.00. The van der Waals surface area contributed by atoms with Crippen LogP contribution >= 0.6 is 0 Å². The van der Waals surface area contributed by atoms with Gasteiger partial charge in [0, 0.05) is 13.2 Å². The van der Waals surface area contributed by atoms with E-state index in [2.05, 4.69) is 20.4 Å². The molecular formula is C13H15N5O3. The molecule has 21 heavy (non-hydrogen) atoms. The summed E-state index contributed by atoms with van der Waals surface area (Å²) >= 11 is 0. The molecule has 0 unspecified atom stereocenters. The lowest BCUT2D eigenvalue weighted by Crippen LogP contribution is -2.51. The van der Waals surface area contributed by atoms with E-state index in [-0.39, 0.29) is 11.6 Å². The van der Waals surface area contributed by atoms with E-state index in [4.69, 9.17) is 5.11 Å². The fourth-order valence-corrected chi connectivity index (χ4v) is 2.44. The van der Waals surface area contributed by atoms with Crippen LogP contribution in [0.25, 0.3) is 0 Å². The molecule has 8 nitrogen and oxygen atoms in total. The minimum Gasteiger partial charge on any atom is -0.477 e. The molecule has 3 N–H and O–H groups in total. The van der Waals surface area contributed by atoms with Crippen molar-refractivity contribution in [2.75, 3.05) is 0 Å². The molecule has 0 aliphatic heterocycles. The van der Waals surface area contributed by atoms with Crippen molar-refractivity contribution in [3.8, 4) is 0 Å². The number of amides is 1. The first-order valence-electron chi connectivity index (χ1n) is 6.61. The number of aromatic nitrogens is 4. The molecule has 0 spiro atoms.